The molecule has 1 aromatic rings. The number of hydrogen-bond donors (Lipinski definition) is 0. The van der Waals surface area contributed by atoms with Crippen molar-refractivity contribution in [2.45, 2.75) is 32.7 Å². The Balaban J connectivity index is 1.99. The summed E-state index contributed by atoms with van der Waals surface area (Å²) in [5.41, 5.74) is 0. The standard InChI is InChI=1S/C12H22N4O3S/c1-9(2)11-13-12(19-14-11)10(3)15-5-7-16(8-6-15)20(4,17)18/h9-10H,5-8H2,1-4H3/t10-/m1/s1. The van der Waals surface area contributed by atoms with Gasteiger partial charge in [0.15, 0.2) is 5.82 Å². The average molecular weight is 302 g/mol. The molecule has 1 atom stereocenters. The predicted octanol–water partition coefficient (Wildman–Crippen LogP) is 0.831. The molecule has 0 spiro atoms. The van der Waals surface area contributed by atoms with Gasteiger partial charge >= 0.3 is 0 Å². The summed E-state index contributed by atoms with van der Waals surface area (Å²) in [5.74, 6) is 1.55. The van der Waals surface area contributed by atoms with Gasteiger partial charge in [-0.1, -0.05) is 19.0 Å². The van der Waals surface area contributed by atoms with E-state index in [9.17, 15) is 8.42 Å². The number of piperazine rings is 1. The van der Waals surface area contributed by atoms with Crippen molar-refractivity contribution in [1.29, 1.82) is 0 Å². The van der Waals surface area contributed by atoms with Crippen LogP contribution in [0.15, 0.2) is 4.52 Å². The molecule has 0 amide bonds. The molecule has 0 unspecified atom stereocenters. The summed E-state index contributed by atoms with van der Waals surface area (Å²) < 4.78 is 29.8. The molecule has 0 radical (unpaired) electrons. The molecule has 114 valence electrons. The van der Waals surface area contributed by atoms with E-state index in [1.165, 1.54) is 10.6 Å². The Kier molecular flexibility index (Phi) is 4.46. The summed E-state index contributed by atoms with van der Waals surface area (Å²) in [6.07, 6.45) is 1.25. The van der Waals surface area contributed by atoms with Gasteiger partial charge in [-0.05, 0) is 6.92 Å². The third kappa shape index (κ3) is 3.36. The minimum Gasteiger partial charge on any atom is -0.338 e. The molecule has 0 saturated carbocycles. The lowest BCUT2D eigenvalue weighted by Gasteiger charge is -2.35. The van der Waals surface area contributed by atoms with Crippen molar-refractivity contribution >= 4 is 10.0 Å². The molecular formula is C12H22N4O3S. The van der Waals surface area contributed by atoms with E-state index in [1.807, 2.05) is 20.8 Å². The van der Waals surface area contributed by atoms with E-state index in [2.05, 4.69) is 15.0 Å². The van der Waals surface area contributed by atoms with E-state index in [0.717, 1.165) is 0 Å². The van der Waals surface area contributed by atoms with Gasteiger partial charge in [0.1, 0.15) is 0 Å². The van der Waals surface area contributed by atoms with Gasteiger partial charge in [0.25, 0.3) is 0 Å². The van der Waals surface area contributed by atoms with Crippen molar-refractivity contribution in [3.8, 4) is 0 Å². The second-order valence-corrected chi connectivity index (χ2v) is 7.50. The van der Waals surface area contributed by atoms with Crippen LogP contribution in [-0.2, 0) is 10.0 Å². The maximum absolute atomic E-state index is 11.5. The maximum atomic E-state index is 11.5. The highest BCUT2D eigenvalue weighted by molar-refractivity contribution is 7.88. The van der Waals surface area contributed by atoms with Gasteiger partial charge in [-0.15, -0.1) is 0 Å². The zero-order chi connectivity index (χ0) is 14.9. The summed E-state index contributed by atoms with van der Waals surface area (Å²) >= 11 is 0. The molecule has 1 aliphatic rings. The molecular weight excluding hydrogens is 280 g/mol. The zero-order valence-corrected chi connectivity index (χ0v) is 13.2. The Labute approximate surface area is 120 Å². The highest BCUT2D eigenvalue weighted by atomic mass is 32.2. The average Bonchev–Trinajstić information content (AvgIpc) is 2.86. The van der Waals surface area contributed by atoms with E-state index in [4.69, 9.17) is 4.52 Å². The van der Waals surface area contributed by atoms with Gasteiger partial charge in [0.05, 0.1) is 12.3 Å². The predicted molar refractivity (Wildman–Crippen MR) is 74.8 cm³/mol. The van der Waals surface area contributed by atoms with Gasteiger partial charge in [-0.25, -0.2) is 8.42 Å². The number of nitrogens with zero attached hydrogens (tertiary/aromatic N) is 4. The van der Waals surface area contributed by atoms with E-state index >= 15 is 0 Å². The van der Waals surface area contributed by atoms with Crippen molar-refractivity contribution in [2.24, 2.45) is 0 Å². The van der Waals surface area contributed by atoms with Crippen LogP contribution < -0.4 is 0 Å². The minimum absolute atomic E-state index is 0.0108. The Morgan fingerprint density at radius 1 is 1.15 bits per heavy atom. The monoisotopic (exact) mass is 302 g/mol. The molecule has 0 aromatic carbocycles. The lowest BCUT2D eigenvalue weighted by atomic mass is 10.2. The second kappa shape index (κ2) is 5.79. The molecule has 20 heavy (non-hydrogen) atoms. The first-order valence-electron chi connectivity index (χ1n) is 6.81. The zero-order valence-electron chi connectivity index (χ0n) is 12.4. The number of hydrogen-bond acceptors (Lipinski definition) is 6. The summed E-state index contributed by atoms with van der Waals surface area (Å²) in [5, 5.41) is 3.97. The molecule has 1 aliphatic heterocycles. The Bertz CT molecular complexity index is 547. The molecule has 1 saturated heterocycles. The molecule has 8 heteroatoms. The highest BCUT2D eigenvalue weighted by Crippen LogP contribution is 2.22. The first kappa shape index (κ1) is 15.4. The third-order valence-electron chi connectivity index (χ3n) is 3.62. The molecule has 1 aromatic heterocycles. The number of sulfonamides is 1. The minimum atomic E-state index is -3.09. The van der Waals surface area contributed by atoms with Crippen molar-refractivity contribution in [1.82, 2.24) is 19.3 Å². The van der Waals surface area contributed by atoms with Crippen LogP contribution in [-0.4, -0.2) is 60.2 Å². The number of rotatable bonds is 4. The van der Waals surface area contributed by atoms with Crippen LogP contribution in [0, 0.1) is 0 Å². The van der Waals surface area contributed by atoms with Crippen LogP contribution in [0.25, 0.3) is 0 Å². The van der Waals surface area contributed by atoms with Crippen molar-refractivity contribution in [2.75, 3.05) is 32.4 Å². The molecule has 0 bridgehead atoms. The smallest absolute Gasteiger partial charge is 0.243 e. The molecule has 2 rings (SSSR count). The summed E-state index contributed by atoms with van der Waals surface area (Å²) in [6, 6.07) is 0.0108. The van der Waals surface area contributed by atoms with Crippen LogP contribution in [0.5, 0.6) is 0 Å². The largest absolute Gasteiger partial charge is 0.338 e. The van der Waals surface area contributed by atoms with Gasteiger partial charge in [-0.3, -0.25) is 4.90 Å². The van der Waals surface area contributed by atoms with Crippen LogP contribution in [0.3, 0.4) is 0 Å². The first-order valence-corrected chi connectivity index (χ1v) is 8.66. The van der Waals surface area contributed by atoms with Crippen molar-refractivity contribution < 1.29 is 12.9 Å². The van der Waals surface area contributed by atoms with Crippen LogP contribution >= 0.6 is 0 Å². The number of aromatic nitrogens is 2. The van der Waals surface area contributed by atoms with Crippen LogP contribution in [0.1, 0.15) is 44.4 Å². The fourth-order valence-electron chi connectivity index (χ4n) is 2.23. The quantitative estimate of drug-likeness (QED) is 0.819. The van der Waals surface area contributed by atoms with Gasteiger partial charge in [0.2, 0.25) is 15.9 Å². The SMILES string of the molecule is CC(C)c1noc([C@@H](C)N2CCN(S(C)(=O)=O)CC2)n1. The van der Waals surface area contributed by atoms with Crippen molar-refractivity contribution in [3.63, 3.8) is 0 Å². The second-order valence-electron chi connectivity index (χ2n) is 5.52. The van der Waals surface area contributed by atoms with Gasteiger partial charge in [0, 0.05) is 32.1 Å². The summed E-state index contributed by atoms with van der Waals surface area (Å²) in [7, 11) is -3.09. The third-order valence-corrected chi connectivity index (χ3v) is 4.92. The van der Waals surface area contributed by atoms with E-state index < -0.39 is 10.0 Å². The first-order chi connectivity index (χ1) is 9.29. The summed E-state index contributed by atoms with van der Waals surface area (Å²) in [6.45, 7) is 8.41. The highest BCUT2D eigenvalue weighted by Gasteiger charge is 2.29. The molecule has 7 nitrogen and oxygen atoms in total. The summed E-state index contributed by atoms with van der Waals surface area (Å²) in [4.78, 5) is 6.57. The van der Waals surface area contributed by atoms with E-state index in [0.29, 0.717) is 37.9 Å². The lowest BCUT2D eigenvalue weighted by molar-refractivity contribution is 0.124. The van der Waals surface area contributed by atoms with Crippen molar-refractivity contribution in [3.05, 3.63) is 11.7 Å². The van der Waals surface area contributed by atoms with Crippen LogP contribution in [0.4, 0.5) is 0 Å². The topological polar surface area (TPSA) is 79.5 Å². The molecule has 0 N–H and O–H groups in total. The van der Waals surface area contributed by atoms with E-state index in [1.54, 1.807) is 0 Å². The molecule has 2 heterocycles. The fraction of sp³-hybridized carbons (Fsp3) is 0.833. The normalized spacial score (nSPS) is 20.4. The van der Waals surface area contributed by atoms with Gasteiger partial charge in [-0.2, -0.15) is 9.29 Å². The fourth-order valence-corrected chi connectivity index (χ4v) is 3.06. The maximum Gasteiger partial charge on any atom is 0.243 e. The van der Waals surface area contributed by atoms with E-state index in [-0.39, 0.29) is 12.0 Å². The Hall–Kier alpha value is -0.990. The molecule has 1 fully saturated rings. The Morgan fingerprint density at radius 2 is 1.75 bits per heavy atom. The Morgan fingerprint density at radius 3 is 2.20 bits per heavy atom. The van der Waals surface area contributed by atoms with Crippen LogP contribution in [0.2, 0.25) is 0 Å². The molecule has 0 aliphatic carbocycles. The van der Waals surface area contributed by atoms with Gasteiger partial charge < -0.3 is 4.52 Å². The lowest BCUT2D eigenvalue weighted by Crippen LogP contribution is -2.48.